The third-order valence-electron chi connectivity index (χ3n) is 2.08. The molecule has 0 aliphatic rings. The predicted molar refractivity (Wildman–Crippen MR) is 62.1 cm³/mol. The molecule has 0 heterocycles. The van der Waals surface area contributed by atoms with Gasteiger partial charge in [-0.05, 0) is 6.07 Å². The van der Waals surface area contributed by atoms with Crippen molar-refractivity contribution in [2.24, 2.45) is 0 Å². The van der Waals surface area contributed by atoms with Gasteiger partial charge in [0.25, 0.3) is 0 Å². The van der Waals surface area contributed by atoms with E-state index in [-0.39, 0.29) is 12.2 Å². The highest BCUT2D eigenvalue weighted by Gasteiger charge is 2.15. The Morgan fingerprint density at radius 2 is 1.94 bits per heavy atom. The van der Waals surface area contributed by atoms with Gasteiger partial charge in [0.1, 0.15) is 11.6 Å². The van der Waals surface area contributed by atoms with Crippen molar-refractivity contribution < 1.29 is 22.3 Å². The zero-order valence-electron chi connectivity index (χ0n) is 9.37. The molecule has 1 rings (SSSR count). The summed E-state index contributed by atoms with van der Waals surface area (Å²) in [7, 11) is 4.15. The van der Waals surface area contributed by atoms with Gasteiger partial charge in [-0.1, -0.05) is 0 Å². The molecule has 0 fully saturated rings. The van der Waals surface area contributed by atoms with Gasteiger partial charge >= 0.3 is 0 Å². The summed E-state index contributed by atoms with van der Waals surface area (Å²) in [4.78, 5) is 0. The maximum atomic E-state index is 13.5. The molecule has 96 valence electrons. The number of methoxy groups -OCH3 is 2. The van der Waals surface area contributed by atoms with Crippen LogP contribution < -0.4 is 4.74 Å². The summed E-state index contributed by atoms with van der Waals surface area (Å²) in [6.45, 7) is 0.193. The standard InChI is InChI=1S/C10H12ClFO4S/c1-15-5-7-3-8(6-17(11,13)14)9(12)4-10(7)16-2/h3-4H,5-6H2,1-2H3. The average Bonchev–Trinajstić information content (AvgIpc) is 2.21. The Balaban J connectivity index is 3.19. The van der Waals surface area contributed by atoms with E-state index in [0.717, 1.165) is 6.07 Å². The normalized spacial score (nSPS) is 11.5. The second-order valence-corrected chi connectivity index (χ2v) is 6.15. The minimum Gasteiger partial charge on any atom is -0.496 e. The van der Waals surface area contributed by atoms with E-state index in [2.05, 4.69) is 0 Å². The van der Waals surface area contributed by atoms with Gasteiger partial charge in [-0.15, -0.1) is 0 Å². The van der Waals surface area contributed by atoms with Crippen LogP contribution in [0.25, 0.3) is 0 Å². The summed E-state index contributed by atoms with van der Waals surface area (Å²) >= 11 is 0. The van der Waals surface area contributed by atoms with Crippen LogP contribution in [0.3, 0.4) is 0 Å². The summed E-state index contributed by atoms with van der Waals surface area (Å²) in [5.41, 5.74) is 0.555. The van der Waals surface area contributed by atoms with Crippen molar-refractivity contribution in [1.29, 1.82) is 0 Å². The van der Waals surface area contributed by atoms with Gasteiger partial charge in [0.05, 0.1) is 19.5 Å². The summed E-state index contributed by atoms with van der Waals surface area (Å²) in [6, 6.07) is 2.49. The molecule has 0 atom stereocenters. The van der Waals surface area contributed by atoms with Crippen LogP contribution in [0.4, 0.5) is 4.39 Å². The van der Waals surface area contributed by atoms with Crippen LogP contribution in [-0.4, -0.2) is 22.6 Å². The zero-order chi connectivity index (χ0) is 13.1. The van der Waals surface area contributed by atoms with Crippen molar-refractivity contribution in [3.05, 3.63) is 29.1 Å². The van der Waals surface area contributed by atoms with Crippen LogP contribution in [0.5, 0.6) is 5.75 Å². The Hall–Kier alpha value is -0.850. The van der Waals surface area contributed by atoms with Gasteiger partial charge in [0.15, 0.2) is 0 Å². The second-order valence-electron chi connectivity index (χ2n) is 3.37. The molecule has 4 nitrogen and oxygen atoms in total. The Labute approximate surface area is 104 Å². The Kier molecular flexibility index (Phi) is 4.73. The lowest BCUT2D eigenvalue weighted by molar-refractivity contribution is 0.181. The summed E-state index contributed by atoms with van der Waals surface area (Å²) in [6.07, 6.45) is 0. The molecule has 0 N–H and O–H groups in total. The quantitative estimate of drug-likeness (QED) is 0.776. The molecule has 0 saturated heterocycles. The van der Waals surface area contributed by atoms with Crippen LogP contribution in [0.2, 0.25) is 0 Å². The lowest BCUT2D eigenvalue weighted by Crippen LogP contribution is -2.02. The molecule has 0 aliphatic carbocycles. The van der Waals surface area contributed by atoms with Crippen molar-refractivity contribution >= 4 is 19.7 Å². The molecule has 1 aromatic carbocycles. The monoisotopic (exact) mass is 282 g/mol. The maximum Gasteiger partial charge on any atom is 0.236 e. The Morgan fingerprint density at radius 3 is 2.41 bits per heavy atom. The van der Waals surface area contributed by atoms with Gasteiger partial charge in [-0.25, -0.2) is 12.8 Å². The predicted octanol–water partition coefficient (Wildman–Crippen LogP) is 2.05. The summed E-state index contributed by atoms with van der Waals surface area (Å²) in [5, 5.41) is 0. The highest BCUT2D eigenvalue weighted by molar-refractivity contribution is 8.13. The molecule has 7 heteroatoms. The van der Waals surface area contributed by atoms with Gasteiger partial charge < -0.3 is 9.47 Å². The molecule has 1 aromatic rings. The lowest BCUT2D eigenvalue weighted by atomic mass is 10.1. The number of benzene rings is 1. The zero-order valence-corrected chi connectivity index (χ0v) is 10.9. The van der Waals surface area contributed by atoms with Crippen molar-refractivity contribution in [1.82, 2.24) is 0 Å². The van der Waals surface area contributed by atoms with Gasteiger partial charge in [0, 0.05) is 35.0 Å². The van der Waals surface area contributed by atoms with E-state index < -0.39 is 20.6 Å². The molecule has 0 amide bonds. The second kappa shape index (κ2) is 5.66. The third-order valence-corrected chi connectivity index (χ3v) is 3.06. The highest BCUT2D eigenvalue weighted by Crippen LogP contribution is 2.25. The number of hydrogen-bond donors (Lipinski definition) is 0. The van der Waals surface area contributed by atoms with E-state index in [9.17, 15) is 12.8 Å². The first-order valence-electron chi connectivity index (χ1n) is 4.64. The van der Waals surface area contributed by atoms with E-state index in [1.165, 1.54) is 20.3 Å². The maximum absolute atomic E-state index is 13.5. The van der Waals surface area contributed by atoms with Crippen LogP contribution in [0.15, 0.2) is 12.1 Å². The fourth-order valence-electron chi connectivity index (χ4n) is 1.41. The largest absolute Gasteiger partial charge is 0.496 e. The van der Waals surface area contributed by atoms with Gasteiger partial charge in [-0.3, -0.25) is 0 Å². The molecule has 0 saturated carbocycles. The molecule has 0 radical (unpaired) electrons. The SMILES string of the molecule is COCc1cc(CS(=O)(=O)Cl)c(F)cc1OC. The number of halogens is 2. The van der Waals surface area contributed by atoms with E-state index in [0.29, 0.717) is 11.3 Å². The molecule has 0 aliphatic heterocycles. The Morgan fingerprint density at radius 1 is 1.29 bits per heavy atom. The van der Waals surface area contributed by atoms with E-state index in [4.69, 9.17) is 20.2 Å². The van der Waals surface area contributed by atoms with Crippen molar-refractivity contribution in [3.8, 4) is 5.75 Å². The fraction of sp³-hybridized carbons (Fsp3) is 0.400. The van der Waals surface area contributed by atoms with Gasteiger partial charge in [0.2, 0.25) is 9.05 Å². The number of rotatable bonds is 5. The minimum absolute atomic E-state index is 0.00662. The number of hydrogen-bond acceptors (Lipinski definition) is 4. The summed E-state index contributed by atoms with van der Waals surface area (Å²) < 4.78 is 45.2. The summed E-state index contributed by atoms with van der Waals surface area (Å²) in [5.74, 6) is -0.938. The van der Waals surface area contributed by atoms with E-state index >= 15 is 0 Å². The molecule has 0 bridgehead atoms. The van der Waals surface area contributed by atoms with Crippen LogP contribution in [-0.2, 0) is 26.1 Å². The van der Waals surface area contributed by atoms with Crippen molar-refractivity contribution in [2.75, 3.05) is 14.2 Å². The fourth-order valence-corrected chi connectivity index (χ4v) is 2.35. The van der Waals surface area contributed by atoms with Crippen molar-refractivity contribution in [2.45, 2.75) is 12.4 Å². The molecular formula is C10H12ClFO4S. The average molecular weight is 283 g/mol. The first kappa shape index (κ1) is 14.2. The Bertz CT molecular complexity index is 501. The van der Waals surface area contributed by atoms with Crippen LogP contribution in [0.1, 0.15) is 11.1 Å². The topological polar surface area (TPSA) is 52.6 Å². The van der Waals surface area contributed by atoms with Gasteiger partial charge in [-0.2, -0.15) is 0 Å². The molecule has 0 spiro atoms. The van der Waals surface area contributed by atoms with Crippen molar-refractivity contribution in [3.63, 3.8) is 0 Å². The molecule has 0 unspecified atom stereocenters. The van der Waals surface area contributed by atoms with E-state index in [1.54, 1.807) is 0 Å². The third kappa shape index (κ3) is 4.14. The first-order valence-corrected chi connectivity index (χ1v) is 7.11. The molecule has 0 aromatic heterocycles. The van der Waals surface area contributed by atoms with Crippen LogP contribution >= 0.6 is 10.7 Å². The molecule has 17 heavy (non-hydrogen) atoms. The van der Waals surface area contributed by atoms with E-state index in [1.807, 2.05) is 0 Å². The first-order chi connectivity index (χ1) is 7.87. The lowest BCUT2D eigenvalue weighted by Gasteiger charge is -2.10. The number of ether oxygens (including phenoxy) is 2. The smallest absolute Gasteiger partial charge is 0.236 e. The minimum atomic E-state index is -3.80. The van der Waals surface area contributed by atoms with Crippen LogP contribution in [0, 0.1) is 5.82 Å². The molecular weight excluding hydrogens is 271 g/mol. The highest BCUT2D eigenvalue weighted by atomic mass is 35.7.